The number of rotatable bonds is 3. The molecule has 0 bridgehead atoms. The normalized spacial score (nSPS) is 10.6. The van der Waals surface area contributed by atoms with Gasteiger partial charge in [-0.2, -0.15) is 0 Å². The summed E-state index contributed by atoms with van der Waals surface area (Å²) in [4.78, 5) is 12.6. The molecule has 6 heteroatoms. The number of halogens is 3. The van der Waals surface area contributed by atoms with Crippen molar-refractivity contribution in [1.29, 1.82) is 0 Å². The van der Waals surface area contributed by atoms with Gasteiger partial charge in [-0.1, -0.05) is 11.6 Å². The van der Waals surface area contributed by atoms with Crippen molar-refractivity contribution in [2.45, 2.75) is 6.43 Å². The fourth-order valence-corrected chi connectivity index (χ4v) is 1.38. The molecule has 88 valence electrons. The first-order valence-electron chi connectivity index (χ1n) is 4.50. The van der Waals surface area contributed by atoms with Gasteiger partial charge in [-0.25, -0.2) is 8.78 Å². The molecule has 0 atom stereocenters. The van der Waals surface area contributed by atoms with Crippen LogP contribution in [-0.4, -0.2) is 30.8 Å². The predicted molar refractivity (Wildman–Crippen MR) is 58.8 cm³/mol. The first kappa shape index (κ1) is 12.7. The molecule has 0 aromatic heterocycles. The molecule has 0 saturated heterocycles. The molecule has 0 aliphatic heterocycles. The first-order chi connectivity index (χ1) is 7.41. The number of alkyl halides is 2. The molecule has 0 radical (unpaired) electrons. The highest BCUT2D eigenvalue weighted by atomic mass is 35.5. The molecule has 0 fully saturated rings. The van der Waals surface area contributed by atoms with E-state index in [0.717, 1.165) is 4.90 Å². The minimum atomic E-state index is -2.57. The summed E-state index contributed by atoms with van der Waals surface area (Å²) in [7, 11) is 1.29. The number of nitrogens with zero attached hydrogens (tertiary/aromatic N) is 1. The van der Waals surface area contributed by atoms with Crippen molar-refractivity contribution in [1.82, 2.24) is 4.90 Å². The molecule has 16 heavy (non-hydrogen) atoms. The van der Waals surface area contributed by atoms with Gasteiger partial charge in [-0.05, 0) is 18.2 Å². The molecule has 0 heterocycles. The Kier molecular flexibility index (Phi) is 4.06. The van der Waals surface area contributed by atoms with Gasteiger partial charge in [0.15, 0.2) is 0 Å². The second-order valence-corrected chi connectivity index (χ2v) is 3.74. The summed E-state index contributed by atoms with van der Waals surface area (Å²) in [6, 6.07) is 4.35. The Labute approximate surface area is 96.8 Å². The highest BCUT2D eigenvalue weighted by Gasteiger charge is 2.18. The Morgan fingerprint density at radius 3 is 2.75 bits per heavy atom. The Bertz CT molecular complexity index is 398. The fourth-order valence-electron chi connectivity index (χ4n) is 1.21. The lowest BCUT2D eigenvalue weighted by molar-refractivity contribution is 0.0621. The molecule has 0 aliphatic rings. The van der Waals surface area contributed by atoms with Crippen LogP contribution >= 0.6 is 11.6 Å². The molecule has 1 aromatic carbocycles. The van der Waals surface area contributed by atoms with Crippen LogP contribution in [0.1, 0.15) is 10.4 Å². The van der Waals surface area contributed by atoms with E-state index in [1.165, 1.54) is 25.2 Å². The average Bonchev–Trinajstić information content (AvgIpc) is 2.19. The number of benzene rings is 1. The van der Waals surface area contributed by atoms with Crippen molar-refractivity contribution < 1.29 is 13.6 Å². The molecule has 1 amide bonds. The number of nitrogen functional groups attached to an aromatic ring is 1. The van der Waals surface area contributed by atoms with Crippen molar-refractivity contribution in [2.75, 3.05) is 19.3 Å². The Balaban J connectivity index is 2.91. The van der Waals surface area contributed by atoms with Gasteiger partial charge in [0.05, 0.1) is 12.1 Å². The third-order valence-electron chi connectivity index (χ3n) is 2.00. The van der Waals surface area contributed by atoms with Crippen LogP contribution in [0.3, 0.4) is 0 Å². The number of hydrogen-bond acceptors (Lipinski definition) is 2. The number of carbonyl (C=O) groups is 1. The first-order valence-corrected chi connectivity index (χ1v) is 4.88. The van der Waals surface area contributed by atoms with E-state index in [4.69, 9.17) is 17.3 Å². The van der Waals surface area contributed by atoms with Crippen LogP contribution in [0.2, 0.25) is 5.02 Å². The summed E-state index contributed by atoms with van der Waals surface area (Å²) in [5.74, 6) is -0.569. The predicted octanol–water partition coefficient (Wildman–Crippen LogP) is 2.26. The Morgan fingerprint density at radius 2 is 2.19 bits per heavy atom. The number of anilines is 1. The molecule has 0 saturated carbocycles. The number of amides is 1. The van der Waals surface area contributed by atoms with Crippen LogP contribution in [-0.2, 0) is 0 Å². The van der Waals surface area contributed by atoms with Gasteiger partial charge in [0, 0.05) is 17.8 Å². The van der Waals surface area contributed by atoms with Crippen molar-refractivity contribution in [3.8, 4) is 0 Å². The molecule has 1 rings (SSSR count). The number of carbonyl (C=O) groups excluding carboxylic acids is 1. The minimum Gasteiger partial charge on any atom is -0.398 e. The second-order valence-electron chi connectivity index (χ2n) is 3.31. The molecule has 3 nitrogen and oxygen atoms in total. The van der Waals surface area contributed by atoms with Crippen molar-refractivity contribution >= 4 is 23.2 Å². The van der Waals surface area contributed by atoms with E-state index in [9.17, 15) is 13.6 Å². The zero-order valence-corrected chi connectivity index (χ0v) is 9.34. The molecule has 2 N–H and O–H groups in total. The lowest BCUT2D eigenvalue weighted by atomic mass is 10.1. The maximum atomic E-state index is 12.1. The average molecular weight is 249 g/mol. The summed E-state index contributed by atoms with van der Waals surface area (Å²) >= 11 is 5.70. The molecule has 0 unspecified atom stereocenters. The summed E-state index contributed by atoms with van der Waals surface area (Å²) in [5.41, 5.74) is 5.92. The zero-order chi connectivity index (χ0) is 12.3. The molecule has 1 aromatic rings. The highest BCUT2D eigenvalue weighted by Crippen LogP contribution is 2.19. The lowest BCUT2D eigenvalue weighted by Gasteiger charge is -2.17. The van der Waals surface area contributed by atoms with E-state index >= 15 is 0 Å². The van der Waals surface area contributed by atoms with E-state index in [0.29, 0.717) is 5.02 Å². The quantitative estimate of drug-likeness (QED) is 0.834. The van der Waals surface area contributed by atoms with Crippen molar-refractivity contribution in [2.24, 2.45) is 0 Å². The van der Waals surface area contributed by atoms with Crippen LogP contribution in [0.4, 0.5) is 14.5 Å². The second kappa shape index (κ2) is 5.12. The summed E-state index contributed by atoms with van der Waals surface area (Å²) in [5, 5.41) is 0.336. The SMILES string of the molecule is CN(CC(F)F)C(=O)c1cc(Cl)ccc1N. The van der Waals surface area contributed by atoms with E-state index in [1.54, 1.807) is 0 Å². The van der Waals surface area contributed by atoms with E-state index in [-0.39, 0.29) is 11.3 Å². The summed E-state index contributed by atoms with van der Waals surface area (Å²) in [6.45, 7) is -0.634. The third-order valence-corrected chi connectivity index (χ3v) is 2.24. The third kappa shape index (κ3) is 3.06. The zero-order valence-electron chi connectivity index (χ0n) is 8.58. The fraction of sp³-hybridized carbons (Fsp3) is 0.300. The van der Waals surface area contributed by atoms with E-state index < -0.39 is 18.9 Å². The van der Waals surface area contributed by atoms with Crippen molar-refractivity contribution in [3.63, 3.8) is 0 Å². The number of hydrogen-bond donors (Lipinski definition) is 1. The summed E-state index contributed by atoms with van der Waals surface area (Å²) in [6.07, 6.45) is -2.57. The van der Waals surface area contributed by atoms with Gasteiger partial charge in [-0.3, -0.25) is 4.79 Å². The van der Waals surface area contributed by atoms with E-state index in [2.05, 4.69) is 0 Å². The maximum absolute atomic E-state index is 12.1. The lowest BCUT2D eigenvalue weighted by Crippen LogP contribution is -2.31. The molecular formula is C10H11ClF2N2O. The van der Waals surface area contributed by atoms with Gasteiger partial charge in [-0.15, -0.1) is 0 Å². The highest BCUT2D eigenvalue weighted by molar-refractivity contribution is 6.31. The molecule has 0 spiro atoms. The topological polar surface area (TPSA) is 46.3 Å². The maximum Gasteiger partial charge on any atom is 0.255 e. The Hall–Kier alpha value is -1.36. The van der Waals surface area contributed by atoms with Gasteiger partial charge < -0.3 is 10.6 Å². The monoisotopic (exact) mass is 248 g/mol. The number of nitrogens with two attached hydrogens (primary N) is 1. The van der Waals surface area contributed by atoms with Gasteiger partial charge in [0.1, 0.15) is 0 Å². The minimum absolute atomic E-state index is 0.135. The Morgan fingerprint density at radius 1 is 1.56 bits per heavy atom. The van der Waals surface area contributed by atoms with Gasteiger partial charge in [0.2, 0.25) is 0 Å². The largest absolute Gasteiger partial charge is 0.398 e. The smallest absolute Gasteiger partial charge is 0.255 e. The van der Waals surface area contributed by atoms with Gasteiger partial charge in [0.25, 0.3) is 12.3 Å². The van der Waals surface area contributed by atoms with Crippen LogP contribution in [0.15, 0.2) is 18.2 Å². The van der Waals surface area contributed by atoms with Crippen LogP contribution in [0.5, 0.6) is 0 Å². The van der Waals surface area contributed by atoms with Crippen LogP contribution < -0.4 is 5.73 Å². The summed E-state index contributed by atoms with van der Waals surface area (Å²) < 4.78 is 24.2. The van der Waals surface area contributed by atoms with Crippen molar-refractivity contribution in [3.05, 3.63) is 28.8 Å². The van der Waals surface area contributed by atoms with Crippen LogP contribution in [0.25, 0.3) is 0 Å². The van der Waals surface area contributed by atoms with E-state index in [1.807, 2.05) is 0 Å². The molecule has 0 aliphatic carbocycles. The van der Waals surface area contributed by atoms with Crippen LogP contribution in [0, 0.1) is 0 Å². The van der Waals surface area contributed by atoms with Gasteiger partial charge >= 0.3 is 0 Å². The molecular weight excluding hydrogens is 238 g/mol. The standard InChI is InChI=1S/C10H11ClF2N2O/c1-15(5-9(12)13)10(16)7-4-6(11)2-3-8(7)14/h2-4,9H,5,14H2,1H3.